The summed E-state index contributed by atoms with van der Waals surface area (Å²) in [5, 5.41) is 5.05. The summed E-state index contributed by atoms with van der Waals surface area (Å²) in [4.78, 5) is 10.5. The largest absolute Gasteiger partial charge is 0.457 e. The van der Waals surface area contributed by atoms with Crippen molar-refractivity contribution in [3.63, 3.8) is 0 Å². The Hall–Kier alpha value is -7.70. The molecule has 0 radical (unpaired) electrons. The van der Waals surface area contributed by atoms with Gasteiger partial charge in [0.15, 0.2) is 8.07 Å². The Morgan fingerprint density at radius 2 is 0.846 bits per heavy atom. The molecule has 0 amide bonds. The minimum atomic E-state index is -2.91. The van der Waals surface area contributed by atoms with Crippen LogP contribution in [0, 0.1) is 6.92 Å². The fourth-order valence-electron chi connectivity index (χ4n) is 10.3. The van der Waals surface area contributed by atoms with E-state index in [-0.39, 0.29) is 0 Å². The van der Waals surface area contributed by atoms with E-state index in [0.29, 0.717) is 0 Å². The highest BCUT2D eigenvalue weighted by atomic mass is 32.3. The van der Waals surface area contributed by atoms with E-state index in [1.54, 1.807) is 0 Å². The smallest absolute Gasteiger partial charge is 0.188 e. The van der Waals surface area contributed by atoms with Gasteiger partial charge in [-0.2, -0.15) is 0 Å². The van der Waals surface area contributed by atoms with Crippen LogP contribution in [-0.2, 0) is 0 Å². The van der Waals surface area contributed by atoms with Gasteiger partial charge in [-0.25, -0.2) is 4.98 Å². The van der Waals surface area contributed by atoms with Crippen molar-refractivity contribution in [3.8, 4) is 56.6 Å². The van der Waals surface area contributed by atoms with Crippen LogP contribution in [0.25, 0.3) is 33.6 Å². The van der Waals surface area contributed by atoms with Gasteiger partial charge in [0, 0.05) is 30.7 Å². The highest BCUT2D eigenvalue weighted by Crippen LogP contribution is 2.79. The summed E-state index contributed by atoms with van der Waals surface area (Å²) in [6.45, 7) is 2.18. The lowest BCUT2D eigenvalue weighted by molar-refractivity contribution is 0.453. The van der Waals surface area contributed by atoms with Crippen LogP contribution in [0.5, 0.6) is 23.0 Å². The highest BCUT2D eigenvalue weighted by Gasteiger charge is 2.49. The minimum absolute atomic E-state index is 0.828. The fourth-order valence-corrected chi connectivity index (χ4v) is 19.3. The third kappa shape index (κ3) is 6.07. The summed E-state index contributed by atoms with van der Waals surface area (Å²) >= 11 is 0. The molecule has 0 atom stereocenters. The molecule has 5 heteroatoms. The van der Waals surface area contributed by atoms with Crippen LogP contribution in [0.3, 0.4) is 0 Å². The molecular weight excluding hydrogens is 827 g/mol. The zero-order valence-electron chi connectivity index (χ0n) is 35.8. The molecule has 0 fully saturated rings. The first-order valence-electron chi connectivity index (χ1n) is 22.1. The van der Waals surface area contributed by atoms with Crippen molar-refractivity contribution in [3.05, 3.63) is 248 Å². The number of pyridine rings is 1. The second-order valence-corrected chi connectivity index (χ2v) is 23.4. The summed E-state index contributed by atoms with van der Waals surface area (Å²) in [6.07, 6.45) is 0. The molecule has 0 N–H and O–H groups in total. The van der Waals surface area contributed by atoms with Crippen molar-refractivity contribution in [2.45, 2.75) is 26.5 Å². The van der Waals surface area contributed by atoms with E-state index in [2.05, 4.69) is 250 Å². The predicted molar refractivity (Wildman–Crippen MR) is 269 cm³/mol. The molecule has 0 unspecified atom stereocenters. The second-order valence-electron chi connectivity index (χ2n) is 16.6. The summed E-state index contributed by atoms with van der Waals surface area (Å²) in [5.74, 6) is 3.42. The summed E-state index contributed by atoms with van der Waals surface area (Å²) in [5.41, 5.74) is 6.95. The van der Waals surface area contributed by atoms with Crippen molar-refractivity contribution in [2.24, 2.45) is 0 Å². The highest BCUT2D eigenvalue weighted by molar-refractivity contribution is 8.34. The SMILES string of the molecule is Cc1ccccc1-c1cc(-c2cccc3c2Oc2ccccc2[Si]3(c2ccccc2)c2ccccc2)nc(-c2cccc3c2Oc2ccccc2S3(c2ccccc2)c2ccccc2)c1. The Bertz CT molecular complexity index is 3110. The third-order valence-corrected chi connectivity index (χ3v) is 21.8. The molecule has 310 valence electrons. The molecule has 3 nitrogen and oxygen atoms in total. The Morgan fingerprint density at radius 3 is 1.49 bits per heavy atom. The number of hydrogen-bond donors (Lipinski definition) is 0. The number of hydrogen-bond acceptors (Lipinski definition) is 3. The van der Waals surface area contributed by atoms with Gasteiger partial charge in [0.05, 0.1) is 11.4 Å². The minimum Gasteiger partial charge on any atom is -0.457 e. The predicted octanol–water partition coefficient (Wildman–Crippen LogP) is 13.3. The topological polar surface area (TPSA) is 31.4 Å². The number of nitrogens with zero attached hydrogens (tertiary/aromatic N) is 1. The van der Waals surface area contributed by atoms with Gasteiger partial charge in [-0.05, 0) is 117 Å². The molecule has 0 bridgehead atoms. The van der Waals surface area contributed by atoms with E-state index in [1.807, 2.05) is 0 Å². The van der Waals surface area contributed by atoms with E-state index in [4.69, 9.17) is 14.5 Å². The number of benzene rings is 9. The van der Waals surface area contributed by atoms with Crippen LogP contribution >= 0.6 is 10.0 Å². The molecule has 2 aliphatic heterocycles. The van der Waals surface area contributed by atoms with Gasteiger partial charge in [-0.1, -0.05) is 170 Å². The van der Waals surface area contributed by atoms with Gasteiger partial charge < -0.3 is 9.47 Å². The Balaban J connectivity index is 1.14. The fraction of sp³-hybridized carbons (Fsp3) is 0.0167. The Kier molecular flexibility index (Phi) is 9.48. The van der Waals surface area contributed by atoms with Crippen LogP contribution in [0.2, 0.25) is 0 Å². The molecule has 0 spiro atoms. The monoisotopic (exact) mass is 869 g/mol. The molecule has 1 aromatic heterocycles. The van der Waals surface area contributed by atoms with Crippen LogP contribution in [0.1, 0.15) is 5.56 Å². The van der Waals surface area contributed by atoms with E-state index in [0.717, 1.165) is 61.5 Å². The van der Waals surface area contributed by atoms with Gasteiger partial charge in [0.2, 0.25) is 0 Å². The number of fused-ring (bicyclic) bond motifs is 4. The summed E-state index contributed by atoms with van der Waals surface area (Å²) in [6, 6.07) is 87.7. The second kappa shape index (κ2) is 15.8. The van der Waals surface area contributed by atoms with Gasteiger partial charge >= 0.3 is 0 Å². The van der Waals surface area contributed by atoms with Crippen LogP contribution < -0.4 is 30.2 Å². The van der Waals surface area contributed by atoms with Crippen molar-refractivity contribution in [1.29, 1.82) is 0 Å². The molecular formula is C60H43NO2SSi. The zero-order valence-corrected chi connectivity index (χ0v) is 37.6. The number of para-hydroxylation sites is 4. The number of aryl methyl sites for hydroxylation is 1. The first kappa shape index (κ1) is 38.9. The molecule has 0 saturated carbocycles. The first-order valence-corrected chi connectivity index (χ1v) is 25.7. The van der Waals surface area contributed by atoms with E-state index in [1.165, 1.54) is 41.0 Å². The van der Waals surface area contributed by atoms with Crippen LogP contribution in [0.15, 0.2) is 262 Å². The Labute approximate surface area is 382 Å². The standard InChI is InChI=1S/C60H43NO2SSi/c1-42-22-14-15-31-48(42)43-40-51(49-32-20-37-56-59(49)62-53-34-16-18-36-55(53)64(56,44-23-6-2-7-24-44)45-25-8-3-9-26-45)61-52(41-43)50-33-21-39-58-60(50)63-54-35-17-19-38-57(54)65(58,46-27-10-4-11-28-46)47-29-12-5-13-30-47/h2-41H,1H3. The lowest BCUT2D eigenvalue weighted by atomic mass is 9.96. The maximum absolute atomic E-state index is 7.20. The van der Waals surface area contributed by atoms with Crippen molar-refractivity contribution < 1.29 is 9.47 Å². The van der Waals surface area contributed by atoms with Crippen molar-refractivity contribution in [2.75, 3.05) is 0 Å². The average molecular weight is 870 g/mol. The van der Waals surface area contributed by atoms with Crippen LogP contribution in [-0.4, -0.2) is 13.1 Å². The van der Waals surface area contributed by atoms with Gasteiger partial charge in [0.25, 0.3) is 0 Å². The molecule has 9 aromatic carbocycles. The molecule has 12 rings (SSSR count). The van der Waals surface area contributed by atoms with Gasteiger partial charge in [-0.15, -0.1) is 10.0 Å². The average Bonchev–Trinajstić information content (AvgIpc) is 3.38. The third-order valence-electron chi connectivity index (χ3n) is 13.1. The lowest BCUT2D eigenvalue weighted by Gasteiger charge is -2.46. The lowest BCUT2D eigenvalue weighted by Crippen LogP contribution is -2.76. The van der Waals surface area contributed by atoms with Gasteiger partial charge in [-0.3, -0.25) is 0 Å². The van der Waals surface area contributed by atoms with Gasteiger partial charge in [0.1, 0.15) is 23.0 Å². The first-order chi connectivity index (χ1) is 32.2. The zero-order chi connectivity index (χ0) is 43.4. The number of ether oxygens (including phenoxy) is 2. The molecule has 65 heavy (non-hydrogen) atoms. The van der Waals surface area contributed by atoms with E-state index in [9.17, 15) is 0 Å². The molecule has 10 aromatic rings. The molecule has 0 saturated heterocycles. The summed E-state index contributed by atoms with van der Waals surface area (Å²) < 4.78 is 14.4. The molecule has 3 heterocycles. The number of aromatic nitrogens is 1. The maximum Gasteiger partial charge on any atom is 0.188 e. The van der Waals surface area contributed by atoms with Crippen molar-refractivity contribution >= 4 is 38.8 Å². The van der Waals surface area contributed by atoms with Crippen LogP contribution in [0.4, 0.5) is 0 Å². The van der Waals surface area contributed by atoms with E-state index >= 15 is 0 Å². The molecule has 0 aliphatic carbocycles. The quantitative estimate of drug-likeness (QED) is 0.150. The Morgan fingerprint density at radius 1 is 0.385 bits per heavy atom. The maximum atomic E-state index is 7.20. The normalized spacial score (nSPS) is 14.3. The number of rotatable bonds is 7. The van der Waals surface area contributed by atoms with Crippen molar-refractivity contribution in [1.82, 2.24) is 4.98 Å². The summed E-state index contributed by atoms with van der Waals surface area (Å²) in [7, 11) is -4.92. The van der Waals surface area contributed by atoms with E-state index < -0.39 is 18.1 Å². The molecule has 2 aliphatic rings.